The van der Waals surface area contributed by atoms with Gasteiger partial charge in [0.25, 0.3) is 0 Å². The Labute approximate surface area is 146 Å². The summed E-state index contributed by atoms with van der Waals surface area (Å²) < 4.78 is 18.8. The number of aromatic amines is 1. The van der Waals surface area contributed by atoms with Crippen molar-refractivity contribution in [1.29, 1.82) is 0 Å². The van der Waals surface area contributed by atoms with Crippen LogP contribution in [-0.4, -0.2) is 36.9 Å². The Balaban J connectivity index is 2.12. The zero-order valence-corrected chi connectivity index (χ0v) is 15.0. The summed E-state index contributed by atoms with van der Waals surface area (Å²) >= 11 is 0. The van der Waals surface area contributed by atoms with Crippen LogP contribution in [0.4, 0.5) is 4.39 Å². The molecule has 2 N–H and O–H groups in total. The molecule has 2 rings (SSSR count). The number of hydrogen-bond acceptors (Lipinski definition) is 3. The van der Waals surface area contributed by atoms with Crippen LogP contribution in [0.15, 0.2) is 24.3 Å². The molecule has 134 valence electrons. The number of hydrogen-bond donors (Lipinski definition) is 2. The number of aromatic nitrogens is 1. The van der Waals surface area contributed by atoms with Crippen LogP contribution < -0.4 is 4.90 Å². The molecule has 0 saturated carbocycles. The fraction of sp³-hybridized carbons (Fsp3) is 0.368. The van der Waals surface area contributed by atoms with E-state index in [1.54, 1.807) is 39.0 Å². The third-order valence-electron chi connectivity index (χ3n) is 4.11. The second-order valence-corrected chi connectivity index (χ2v) is 6.17. The van der Waals surface area contributed by atoms with Gasteiger partial charge in [-0.05, 0) is 32.4 Å². The minimum Gasteiger partial charge on any atom is -0.462 e. The van der Waals surface area contributed by atoms with E-state index in [2.05, 4.69) is 4.98 Å². The van der Waals surface area contributed by atoms with Gasteiger partial charge in [0.2, 0.25) is 5.78 Å². The van der Waals surface area contributed by atoms with Gasteiger partial charge in [-0.15, -0.1) is 0 Å². The number of nitrogens with one attached hydrogen (secondary N) is 2. The number of aryl methyl sites for hydroxylation is 1. The Morgan fingerprint density at radius 1 is 1.24 bits per heavy atom. The molecule has 0 aliphatic rings. The van der Waals surface area contributed by atoms with E-state index in [4.69, 9.17) is 4.74 Å². The number of likely N-dealkylation sites (N-methyl/N-ethyl adjacent to an activating group) is 1. The molecule has 1 aromatic carbocycles. The van der Waals surface area contributed by atoms with E-state index in [1.807, 2.05) is 7.05 Å². The molecular weight excluding hydrogens is 323 g/mol. The Hall–Kier alpha value is -2.47. The van der Waals surface area contributed by atoms with Gasteiger partial charge in [-0.2, -0.15) is 0 Å². The fourth-order valence-corrected chi connectivity index (χ4v) is 2.93. The van der Waals surface area contributed by atoms with Crippen LogP contribution in [0.5, 0.6) is 0 Å². The number of carbonyl (C=O) groups is 2. The smallest absolute Gasteiger partial charge is 0.340 e. The third kappa shape index (κ3) is 4.33. The van der Waals surface area contributed by atoms with Crippen molar-refractivity contribution in [3.05, 3.63) is 58.2 Å². The molecule has 0 saturated heterocycles. The third-order valence-corrected chi connectivity index (χ3v) is 4.11. The van der Waals surface area contributed by atoms with Crippen molar-refractivity contribution in [2.45, 2.75) is 27.3 Å². The van der Waals surface area contributed by atoms with Gasteiger partial charge >= 0.3 is 5.97 Å². The fourth-order valence-electron chi connectivity index (χ4n) is 2.93. The Morgan fingerprint density at radius 2 is 1.92 bits per heavy atom. The molecule has 0 bridgehead atoms. The van der Waals surface area contributed by atoms with E-state index in [0.29, 0.717) is 34.6 Å². The molecule has 0 aliphatic heterocycles. The molecule has 0 fully saturated rings. The lowest BCUT2D eigenvalue weighted by atomic mass is 10.1. The average Bonchev–Trinajstić information content (AvgIpc) is 2.84. The average molecular weight is 347 g/mol. The van der Waals surface area contributed by atoms with Crippen molar-refractivity contribution < 1.29 is 23.6 Å². The quantitative estimate of drug-likeness (QED) is 0.593. The van der Waals surface area contributed by atoms with Gasteiger partial charge in [0.15, 0.2) is 0 Å². The first-order valence-electron chi connectivity index (χ1n) is 8.29. The maximum Gasteiger partial charge on any atom is 0.340 e. The summed E-state index contributed by atoms with van der Waals surface area (Å²) in [5, 5.41) is 0. The maximum absolute atomic E-state index is 13.7. The second kappa shape index (κ2) is 8.07. The van der Waals surface area contributed by atoms with Crippen molar-refractivity contribution in [3.8, 4) is 0 Å². The molecule has 2 aromatic rings. The predicted molar refractivity (Wildman–Crippen MR) is 92.4 cm³/mol. The number of quaternary nitrogens is 1. The van der Waals surface area contributed by atoms with Crippen LogP contribution in [-0.2, 0) is 11.3 Å². The number of carbonyl (C=O) groups excluding carboxylic acids is 2. The zero-order chi connectivity index (χ0) is 18.6. The topological polar surface area (TPSA) is 63.6 Å². The van der Waals surface area contributed by atoms with E-state index in [9.17, 15) is 14.0 Å². The molecule has 1 unspecified atom stereocenters. The van der Waals surface area contributed by atoms with E-state index >= 15 is 0 Å². The molecule has 6 heteroatoms. The maximum atomic E-state index is 13.7. The standard InChI is InChI=1S/C19H23FN2O3/c1-5-25-19(24)17-12(2)18(21-13(17)3)16(23)11-22(4)10-14-8-6-7-9-15(14)20/h6-9,21H,5,10-11H2,1-4H3/p+1. The predicted octanol–water partition coefficient (Wildman–Crippen LogP) is 1.84. The first-order valence-corrected chi connectivity index (χ1v) is 8.29. The largest absolute Gasteiger partial charge is 0.462 e. The van der Waals surface area contributed by atoms with Crippen LogP contribution in [0.2, 0.25) is 0 Å². The first kappa shape index (κ1) is 18.9. The van der Waals surface area contributed by atoms with Crippen molar-refractivity contribution in [1.82, 2.24) is 4.98 Å². The van der Waals surface area contributed by atoms with E-state index < -0.39 is 5.97 Å². The van der Waals surface area contributed by atoms with Gasteiger partial charge in [-0.3, -0.25) is 4.79 Å². The van der Waals surface area contributed by atoms with Gasteiger partial charge in [0.05, 0.1) is 24.9 Å². The van der Waals surface area contributed by atoms with Gasteiger partial charge in [-0.1, -0.05) is 18.2 Å². The molecule has 0 amide bonds. The summed E-state index contributed by atoms with van der Waals surface area (Å²) in [6.07, 6.45) is 0. The van der Waals surface area contributed by atoms with Crippen molar-refractivity contribution in [3.63, 3.8) is 0 Å². The van der Waals surface area contributed by atoms with Crippen LogP contribution >= 0.6 is 0 Å². The highest BCUT2D eigenvalue weighted by Crippen LogP contribution is 2.19. The minimum atomic E-state index is -0.431. The first-order chi connectivity index (χ1) is 11.8. The SMILES string of the molecule is CCOC(=O)c1c(C)[nH]c(C(=O)C[NH+](C)Cc2ccccc2F)c1C. The molecule has 1 heterocycles. The Kier molecular flexibility index (Phi) is 6.09. The second-order valence-electron chi connectivity index (χ2n) is 6.17. The van der Waals surface area contributed by atoms with Gasteiger partial charge < -0.3 is 14.6 Å². The summed E-state index contributed by atoms with van der Waals surface area (Å²) in [6, 6.07) is 6.54. The summed E-state index contributed by atoms with van der Waals surface area (Å²) in [7, 11) is 1.84. The Morgan fingerprint density at radius 3 is 2.56 bits per heavy atom. The van der Waals surface area contributed by atoms with Crippen LogP contribution in [0.3, 0.4) is 0 Å². The molecule has 1 aromatic heterocycles. The van der Waals surface area contributed by atoms with Crippen molar-refractivity contribution in [2.75, 3.05) is 20.2 Å². The van der Waals surface area contributed by atoms with Gasteiger partial charge in [-0.25, -0.2) is 9.18 Å². The summed E-state index contributed by atoms with van der Waals surface area (Å²) in [6.45, 7) is 6.09. The highest BCUT2D eigenvalue weighted by molar-refractivity contribution is 6.01. The lowest BCUT2D eigenvalue weighted by Crippen LogP contribution is -3.08. The van der Waals surface area contributed by atoms with E-state index in [-0.39, 0.29) is 24.8 Å². The highest BCUT2D eigenvalue weighted by atomic mass is 19.1. The van der Waals surface area contributed by atoms with Gasteiger partial charge in [0.1, 0.15) is 18.9 Å². The number of benzene rings is 1. The normalized spacial score (nSPS) is 12.0. The molecule has 0 spiro atoms. The number of rotatable bonds is 7. The number of esters is 1. The number of halogens is 1. The van der Waals surface area contributed by atoms with Gasteiger partial charge in [0, 0.05) is 11.3 Å². The van der Waals surface area contributed by atoms with E-state index in [1.165, 1.54) is 6.07 Å². The molecule has 5 nitrogen and oxygen atoms in total. The molecule has 0 aliphatic carbocycles. The summed E-state index contributed by atoms with van der Waals surface area (Å²) in [4.78, 5) is 28.5. The number of ketones is 1. The minimum absolute atomic E-state index is 0.120. The monoisotopic (exact) mass is 347 g/mol. The van der Waals surface area contributed by atoms with Crippen LogP contribution in [0, 0.1) is 19.7 Å². The zero-order valence-electron chi connectivity index (χ0n) is 15.0. The summed E-state index contributed by atoms with van der Waals surface area (Å²) in [5.74, 6) is -0.823. The van der Waals surface area contributed by atoms with Crippen LogP contribution in [0.1, 0.15) is 44.6 Å². The van der Waals surface area contributed by atoms with Crippen molar-refractivity contribution in [2.24, 2.45) is 0 Å². The van der Waals surface area contributed by atoms with Crippen LogP contribution in [0.25, 0.3) is 0 Å². The lowest BCUT2D eigenvalue weighted by Gasteiger charge is -2.13. The number of ether oxygens (including phenoxy) is 1. The molecule has 1 atom stereocenters. The number of Topliss-reactive ketones (excluding diaryl/α,β-unsaturated/α-hetero) is 1. The summed E-state index contributed by atoms with van der Waals surface area (Å²) in [5.41, 5.74) is 2.61. The highest BCUT2D eigenvalue weighted by Gasteiger charge is 2.24. The molecule has 25 heavy (non-hydrogen) atoms. The molecular formula is C19H24FN2O3+. The number of H-pyrrole nitrogens is 1. The molecule has 0 radical (unpaired) electrons. The Bertz CT molecular complexity index is 783. The lowest BCUT2D eigenvalue weighted by molar-refractivity contribution is -0.885. The van der Waals surface area contributed by atoms with E-state index in [0.717, 1.165) is 4.90 Å². The van der Waals surface area contributed by atoms with Crippen molar-refractivity contribution >= 4 is 11.8 Å².